The third kappa shape index (κ3) is 4.43. The number of hydrogen-bond donors (Lipinski definition) is 3. The molecule has 1 aliphatic carbocycles. The molecule has 3 rings (SSSR count). The zero-order chi connectivity index (χ0) is 18.6. The van der Waals surface area contributed by atoms with Gasteiger partial charge in [0.2, 0.25) is 0 Å². The van der Waals surface area contributed by atoms with Crippen molar-refractivity contribution < 1.29 is 18.7 Å². The molecule has 0 saturated heterocycles. The second-order valence-corrected chi connectivity index (χ2v) is 6.69. The number of hydrogen-bond acceptors (Lipinski definition) is 5. The number of carbonyl (C=O) groups excluding carboxylic acids is 2. The van der Waals surface area contributed by atoms with Gasteiger partial charge in [-0.25, -0.2) is 0 Å². The molecule has 0 spiro atoms. The second kappa shape index (κ2) is 7.61. The summed E-state index contributed by atoms with van der Waals surface area (Å²) >= 11 is 0. The van der Waals surface area contributed by atoms with E-state index in [1.54, 1.807) is 36.4 Å². The maximum Gasteiger partial charge on any atom is 0.291 e. The fourth-order valence-electron chi connectivity index (χ4n) is 2.81. The molecule has 26 heavy (non-hydrogen) atoms. The molecule has 2 amide bonds. The summed E-state index contributed by atoms with van der Waals surface area (Å²) in [5.41, 5.74) is 5.98. The van der Waals surface area contributed by atoms with Crippen LogP contribution >= 0.6 is 0 Å². The standard InChI is InChI=1S/C19H23N3O4/c1-19(12-20,13-7-8-13)22-17(23)11-26-15-5-2-4-14(10-15)21-18(24)16-6-3-9-25-16/h2-6,9-10,13H,7-8,11-12,20H2,1H3,(H,21,24)(H,22,23). The Balaban J connectivity index is 1.53. The number of nitrogens with one attached hydrogen (secondary N) is 2. The molecule has 0 radical (unpaired) electrons. The highest BCUT2D eigenvalue weighted by Crippen LogP contribution is 2.38. The molecule has 7 heteroatoms. The van der Waals surface area contributed by atoms with Gasteiger partial charge in [-0.2, -0.15) is 0 Å². The van der Waals surface area contributed by atoms with E-state index >= 15 is 0 Å². The lowest BCUT2D eigenvalue weighted by atomic mass is 9.96. The number of benzene rings is 1. The van der Waals surface area contributed by atoms with Crippen molar-refractivity contribution >= 4 is 17.5 Å². The number of carbonyl (C=O) groups is 2. The van der Waals surface area contributed by atoms with Crippen molar-refractivity contribution in [3.63, 3.8) is 0 Å². The monoisotopic (exact) mass is 357 g/mol. The lowest BCUT2D eigenvalue weighted by Crippen LogP contribution is -2.54. The fourth-order valence-corrected chi connectivity index (χ4v) is 2.81. The van der Waals surface area contributed by atoms with Crippen LogP contribution in [0.15, 0.2) is 47.1 Å². The van der Waals surface area contributed by atoms with Gasteiger partial charge >= 0.3 is 0 Å². The van der Waals surface area contributed by atoms with Crippen LogP contribution in [0, 0.1) is 5.92 Å². The minimum atomic E-state index is -0.376. The van der Waals surface area contributed by atoms with Crippen molar-refractivity contribution in [1.29, 1.82) is 0 Å². The third-order valence-electron chi connectivity index (χ3n) is 4.53. The summed E-state index contributed by atoms with van der Waals surface area (Å²) in [7, 11) is 0. The van der Waals surface area contributed by atoms with Crippen molar-refractivity contribution in [2.75, 3.05) is 18.5 Å². The van der Waals surface area contributed by atoms with Gasteiger partial charge in [0.15, 0.2) is 12.4 Å². The first kappa shape index (κ1) is 18.0. The summed E-state index contributed by atoms with van der Waals surface area (Å²) in [6.45, 7) is 2.25. The Morgan fingerprint density at radius 1 is 1.31 bits per heavy atom. The van der Waals surface area contributed by atoms with Gasteiger partial charge in [0, 0.05) is 18.3 Å². The van der Waals surface area contributed by atoms with E-state index in [9.17, 15) is 9.59 Å². The Bertz CT molecular complexity index is 771. The molecule has 1 heterocycles. The van der Waals surface area contributed by atoms with E-state index in [0.717, 1.165) is 12.8 Å². The van der Waals surface area contributed by atoms with Crippen LogP contribution in [0.2, 0.25) is 0 Å². The number of amides is 2. The minimum Gasteiger partial charge on any atom is -0.484 e. The van der Waals surface area contributed by atoms with Gasteiger partial charge in [-0.1, -0.05) is 6.07 Å². The number of nitrogens with two attached hydrogens (primary N) is 1. The molecule has 1 saturated carbocycles. The molecule has 0 aliphatic heterocycles. The first-order chi connectivity index (χ1) is 12.5. The first-order valence-corrected chi connectivity index (χ1v) is 8.59. The van der Waals surface area contributed by atoms with Crippen LogP contribution in [0.5, 0.6) is 5.75 Å². The number of rotatable bonds is 8. The zero-order valence-corrected chi connectivity index (χ0v) is 14.7. The topological polar surface area (TPSA) is 107 Å². The van der Waals surface area contributed by atoms with Crippen LogP contribution in [-0.2, 0) is 4.79 Å². The third-order valence-corrected chi connectivity index (χ3v) is 4.53. The van der Waals surface area contributed by atoms with Gasteiger partial charge in [-0.05, 0) is 49.9 Å². The van der Waals surface area contributed by atoms with Crippen molar-refractivity contribution in [3.8, 4) is 5.75 Å². The van der Waals surface area contributed by atoms with Crippen molar-refractivity contribution in [1.82, 2.24) is 5.32 Å². The summed E-state index contributed by atoms with van der Waals surface area (Å²) < 4.78 is 10.6. The fraction of sp³-hybridized carbons (Fsp3) is 0.368. The second-order valence-electron chi connectivity index (χ2n) is 6.69. The summed E-state index contributed by atoms with van der Waals surface area (Å²) in [5, 5.41) is 5.68. The van der Waals surface area contributed by atoms with Crippen molar-refractivity contribution in [3.05, 3.63) is 48.4 Å². The molecular weight excluding hydrogens is 334 g/mol. The molecule has 138 valence electrons. The van der Waals surface area contributed by atoms with E-state index in [-0.39, 0.29) is 29.7 Å². The average molecular weight is 357 g/mol. The minimum absolute atomic E-state index is 0.113. The number of anilines is 1. The Morgan fingerprint density at radius 2 is 2.12 bits per heavy atom. The number of furan rings is 1. The SMILES string of the molecule is CC(CN)(NC(=O)COc1cccc(NC(=O)c2ccco2)c1)C1CC1. The van der Waals surface area contributed by atoms with Crippen LogP contribution in [0.1, 0.15) is 30.3 Å². The largest absolute Gasteiger partial charge is 0.484 e. The molecule has 0 bridgehead atoms. The normalized spacial score (nSPS) is 15.8. The predicted octanol–water partition coefficient (Wildman–Crippen LogP) is 2.15. The molecule has 2 aromatic rings. The highest BCUT2D eigenvalue weighted by molar-refractivity contribution is 6.02. The van der Waals surface area contributed by atoms with E-state index in [0.29, 0.717) is 23.9 Å². The lowest BCUT2D eigenvalue weighted by molar-refractivity contribution is -0.125. The molecule has 1 aromatic carbocycles. The molecule has 1 atom stereocenters. The van der Waals surface area contributed by atoms with Crippen LogP contribution in [0.4, 0.5) is 5.69 Å². The summed E-state index contributed by atoms with van der Waals surface area (Å²) in [6.07, 6.45) is 3.61. The zero-order valence-electron chi connectivity index (χ0n) is 14.7. The van der Waals surface area contributed by atoms with E-state index in [4.69, 9.17) is 14.9 Å². The Kier molecular flexibility index (Phi) is 5.27. The van der Waals surface area contributed by atoms with Crippen molar-refractivity contribution in [2.24, 2.45) is 11.7 Å². The van der Waals surface area contributed by atoms with Gasteiger partial charge in [0.1, 0.15) is 5.75 Å². The molecule has 1 aromatic heterocycles. The van der Waals surface area contributed by atoms with E-state index in [1.807, 2.05) is 6.92 Å². The lowest BCUT2D eigenvalue weighted by Gasteiger charge is -2.29. The maximum atomic E-state index is 12.2. The summed E-state index contributed by atoms with van der Waals surface area (Å²) in [4.78, 5) is 24.2. The quantitative estimate of drug-likeness (QED) is 0.671. The Hall–Kier alpha value is -2.80. The first-order valence-electron chi connectivity index (χ1n) is 8.59. The van der Waals surface area contributed by atoms with Crippen LogP contribution < -0.4 is 21.1 Å². The Labute approximate surface area is 151 Å². The predicted molar refractivity (Wildman–Crippen MR) is 96.9 cm³/mol. The van der Waals surface area contributed by atoms with Crippen LogP contribution in [-0.4, -0.2) is 30.5 Å². The smallest absolute Gasteiger partial charge is 0.291 e. The molecule has 1 aliphatic rings. The van der Waals surface area contributed by atoms with Gasteiger partial charge in [0.25, 0.3) is 11.8 Å². The van der Waals surface area contributed by atoms with Gasteiger partial charge in [0.05, 0.1) is 11.8 Å². The highest BCUT2D eigenvalue weighted by atomic mass is 16.5. The Morgan fingerprint density at radius 3 is 2.77 bits per heavy atom. The van der Waals surface area contributed by atoms with Crippen LogP contribution in [0.25, 0.3) is 0 Å². The van der Waals surface area contributed by atoms with E-state index in [2.05, 4.69) is 10.6 Å². The maximum absolute atomic E-state index is 12.2. The van der Waals surface area contributed by atoms with E-state index < -0.39 is 0 Å². The van der Waals surface area contributed by atoms with E-state index in [1.165, 1.54) is 6.26 Å². The summed E-state index contributed by atoms with van der Waals surface area (Å²) in [5.74, 6) is 0.578. The number of ether oxygens (including phenoxy) is 1. The molecule has 7 nitrogen and oxygen atoms in total. The van der Waals surface area contributed by atoms with Crippen molar-refractivity contribution in [2.45, 2.75) is 25.3 Å². The van der Waals surface area contributed by atoms with Gasteiger partial charge in [-0.3, -0.25) is 9.59 Å². The van der Waals surface area contributed by atoms with Gasteiger partial charge < -0.3 is 25.5 Å². The van der Waals surface area contributed by atoms with Gasteiger partial charge in [-0.15, -0.1) is 0 Å². The van der Waals surface area contributed by atoms with Crippen LogP contribution in [0.3, 0.4) is 0 Å². The average Bonchev–Trinajstić information content (AvgIpc) is 3.35. The molecular formula is C19H23N3O4. The summed E-state index contributed by atoms with van der Waals surface area (Å²) in [6, 6.07) is 10.1. The molecule has 4 N–H and O–H groups in total. The molecule has 1 fully saturated rings. The molecule has 1 unspecified atom stereocenters. The highest BCUT2D eigenvalue weighted by Gasteiger charge is 2.41.